The summed E-state index contributed by atoms with van der Waals surface area (Å²) in [5.41, 5.74) is 12.8. The largest absolute Gasteiger partial charge is 0.437 e. The lowest BCUT2D eigenvalue weighted by atomic mass is 10.0. The van der Waals surface area contributed by atoms with Crippen molar-refractivity contribution in [2.75, 3.05) is 4.90 Å². The van der Waals surface area contributed by atoms with Gasteiger partial charge in [-0.05, 0) is 88.6 Å². The van der Waals surface area contributed by atoms with Crippen molar-refractivity contribution in [3.8, 4) is 27.9 Å². The fraction of sp³-hybridized carbons (Fsp3) is 0. The van der Waals surface area contributed by atoms with Gasteiger partial charge in [0.15, 0.2) is 0 Å². The standard InChI is InChI=1S/C51H33N3O/c1-2-12-37-33-40(31-22-34(37)11-1)53(39-29-25-36(26-30-39)42-16-9-17-45-46-18-10-32-52-51(46)55-50(42)45)38-27-23-35(24-28-38)41-13-3-6-19-47(41)54-48-20-7-4-14-43(48)44-15-5-8-21-49(44)54/h1-33H. The van der Waals surface area contributed by atoms with E-state index in [0.29, 0.717) is 5.71 Å². The highest BCUT2D eigenvalue weighted by atomic mass is 16.3. The number of fused-ring (bicyclic) bond motifs is 7. The maximum Gasteiger partial charge on any atom is 0.227 e. The van der Waals surface area contributed by atoms with Crippen LogP contribution in [0.4, 0.5) is 17.1 Å². The van der Waals surface area contributed by atoms with E-state index in [4.69, 9.17) is 4.42 Å². The zero-order chi connectivity index (χ0) is 36.3. The minimum atomic E-state index is 0.658. The van der Waals surface area contributed by atoms with Crippen molar-refractivity contribution in [2.24, 2.45) is 0 Å². The molecule has 3 aromatic heterocycles. The Morgan fingerprint density at radius 1 is 0.418 bits per heavy atom. The van der Waals surface area contributed by atoms with Crippen LogP contribution in [0, 0.1) is 0 Å². The number of para-hydroxylation sites is 4. The highest BCUT2D eigenvalue weighted by Gasteiger charge is 2.18. The zero-order valence-electron chi connectivity index (χ0n) is 29.8. The van der Waals surface area contributed by atoms with E-state index >= 15 is 0 Å². The van der Waals surface area contributed by atoms with E-state index in [-0.39, 0.29) is 0 Å². The number of hydrogen-bond acceptors (Lipinski definition) is 3. The molecule has 0 atom stereocenters. The molecule has 4 heteroatoms. The molecule has 0 unspecified atom stereocenters. The Balaban J connectivity index is 1.02. The molecule has 11 aromatic rings. The van der Waals surface area contributed by atoms with Crippen molar-refractivity contribution in [3.63, 3.8) is 0 Å². The summed E-state index contributed by atoms with van der Waals surface area (Å²) in [6.45, 7) is 0. The summed E-state index contributed by atoms with van der Waals surface area (Å²) in [6, 6.07) is 69.4. The van der Waals surface area contributed by atoms with E-state index in [1.807, 2.05) is 6.07 Å². The zero-order valence-corrected chi connectivity index (χ0v) is 29.8. The lowest BCUT2D eigenvalue weighted by Crippen LogP contribution is -2.10. The van der Waals surface area contributed by atoms with Gasteiger partial charge < -0.3 is 13.9 Å². The first kappa shape index (κ1) is 31.1. The third kappa shape index (κ3) is 5.11. The van der Waals surface area contributed by atoms with Crippen molar-refractivity contribution >= 4 is 71.7 Å². The van der Waals surface area contributed by atoms with Crippen molar-refractivity contribution in [2.45, 2.75) is 0 Å². The number of benzene rings is 8. The van der Waals surface area contributed by atoms with Gasteiger partial charge in [0.1, 0.15) is 5.58 Å². The molecule has 0 aliphatic rings. The van der Waals surface area contributed by atoms with Gasteiger partial charge in [-0.3, -0.25) is 0 Å². The van der Waals surface area contributed by atoms with Crippen LogP contribution in [0.5, 0.6) is 0 Å². The number of furan rings is 1. The second-order valence-corrected chi connectivity index (χ2v) is 14.0. The second-order valence-electron chi connectivity index (χ2n) is 14.0. The molecule has 0 N–H and O–H groups in total. The average Bonchev–Trinajstić information content (AvgIpc) is 3.80. The molecule has 0 saturated carbocycles. The molecule has 8 aromatic carbocycles. The van der Waals surface area contributed by atoms with Crippen LogP contribution < -0.4 is 4.90 Å². The molecule has 3 heterocycles. The molecule has 0 radical (unpaired) electrons. The minimum Gasteiger partial charge on any atom is -0.437 e. The molecule has 0 aliphatic carbocycles. The number of nitrogens with zero attached hydrogens (tertiary/aromatic N) is 3. The quantitative estimate of drug-likeness (QED) is 0.173. The van der Waals surface area contributed by atoms with Gasteiger partial charge in [-0.15, -0.1) is 0 Å². The first-order valence-electron chi connectivity index (χ1n) is 18.6. The monoisotopic (exact) mass is 703 g/mol. The topological polar surface area (TPSA) is 34.2 Å². The van der Waals surface area contributed by atoms with Crippen molar-refractivity contribution in [3.05, 3.63) is 200 Å². The molecule has 0 bridgehead atoms. The van der Waals surface area contributed by atoms with Gasteiger partial charge in [0, 0.05) is 55.9 Å². The number of rotatable bonds is 6. The summed E-state index contributed by atoms with van der Waals surface area (Å²) >= 11 is 0. The second kappa shape index (κ2) is 12.6. The van der Waals surface area contributed by atoms with Crippen LogP contribution in [0.1, 0.15) is 0 Å². The Bertz CT molecular complexity index is 3160. The summed E-state index contributed by atoms with van der Waals surface area (Å²) in [7, 11) is 0. The van der Waals surface area contributed by atoms with E-state index in [0.717, 1.165) is 55.8 Å². The van der Waals surface area contributed by atoms with Gasteiger partial charge >= 0.3 is 0 Å². The fourth-order valence-corrected chi connectivity index (χ4v) is 8.30. The molecule has 0 amide bonds. The van der Waals surface area contributed by atoms with Crippen LogP contribution >= 0.6 is 0 Å². The molecule has 11 rings (SSSR count). The smallest absolute Gasteiger partial charge is 0.227 e. The SMILES string of the molecule is c1ccc(-n2c3ccccc3c3ccccc32)c(-c2ccc(N(c3ccc(-c4cccc5c4oc4ncccc45)cc3)c3ccc4ccccc4c3)cc2)c1. The predicted octanol–water partition coefficient (Wildman–Crippen LogP) is 14.0. The van der Waals surface area contributed by atoms with Crippen molar-refractivity contribution in [1.29, 1.82) is 0 Å². The van der Waals surface area contributed by atoms with E-state index in [2.05, 4.69) is 203 Å². The van der Waals surface area contributed by atoms with Crippen molar-refractivity contribution in [1.82, 2.24) is 9.55 Å². The molecule has 4 nitrogen and oxygen atoms in total. The molecular weight excluding hydrogens is 671 g/mol. The summed E-state index contributed by atoms with van der Waals surface area (Å²) < 4.78 is 8.70. The lowest BCUT2D eigenvalue weighted by molar-refractivity contribution is 0.655. The van der Waals surface area contributed by atoms with Crippen LogP contribution in [0.2, 0.25) is 0 Å². The maximum absolute atomic E-state index is 6.29. The summed E-state index contributed by atoms with van der Waals surface area (Å²) in [6.07, 6.45) is 1.78. The minimum absolute atomic E-state index is 0.658. The van der Waals surface area contributed by atoms with E-state index in [9.17, 15) is 0 Å². The number of hydrogen-bond donors (Lipinski definition) is 0. The Morgan fingerprint density at radius 2 is 0.982 bits per heavy atom. The van der Waals surface area contributed by atoms with Gasteiger partial charge in [-0.1, -0.05) is 127 Å². The summed E-state index contributed by atoms with van der Waals surface area (Å²) in [5, 5.41) is 7.02. The lowest BCUT2D eigenvalue weighted by Gasteiger charge is -2.26. The Labute approximate surface area is 317 Å². The van der Waals surface area contributed by atoms with Gasteiger partial charge in [0.25, 0.3) is 0 Å². The number of pyridine rings is 1. The number of anilines is 3. The normalized spacial score (nSPS) is 11.6. The Kier molecular flexibility index (Phi) is 7.14. The highest BCUT2D eigenvalue weighted by molar-refractivity contribution is 6.10. The first-order valence-corrected chi connectivity index (χ1v) is 18.6. The van der Waals surface area contributed by atoms with Crippen LogP contribution in [0.15, 0.2) is 205 Å². The van der Waals surface area contributed by atoms with Crippen LogP contribution in [-0.2, 0) is 0 Å². The van der Waals surface area contributed by atoms with Gasteiger partial charge in [0.05, 0.1) is 16.7 Å². The van der Waals surface area contributed by atoms with E-state index in [1.165, 1.54) is 38.1 Å². The Hall–Kier alpha value is -7.43. The maximum atomic E-state index is 6.29. The van der Waals surface area contributed by atoms with Crippen LogP contribution in [-0.4, -0.2) is 9.55 Å². The molecule has 258 valence electrons. The number of aromatic nitrogens is 2. The van der Waals surface area contributed by atoms with E-state index < -0.39 is 0 Å². The van der Waals surface area contributed by atoms with Crippen LogP contribution in [0.25, 0.3) is 82.6 Å². The predicted molar refractivity (Wildman–Crippen MR) is 229 cm³/mol. The van der Waals surface area contributed by atoms with Gasteiger partial charge in [0.2, 0.25) is 5.71 Å². The Morgan fingerprint density at radius 3 is 1.73 bits per heavy atom. The van der Waals surface area contributed by atoms with Gasteiger partial charge in [-0.2, -0.15) is 0 Å². The third-order valence-electron chi connectivity index (χ3n) is 10.9. The van der Waals surface area contributed by atoms with Gasteiger partial charge in [-0.25, -0.2) is 4.98 Å². The average molecular weight is 704 g/mol. The molecular formula is C51H33N3O. The van der Waals surface area contributed by atoms with Crippen molar-refractivity contribution < 1.29 is 4.42 Å². The highest BCUT2D eigenvalue weighted by Crippen LogP contribution is 2.41. The molecule has 0 aliphatic heterocycles. The fourth-order valence-electron chi connectivity index (χ4n) is 8.30. The summed E-state index contributed by atoms with van der Waals surface area (Å²) in [5.74, 6) is 0. The molecule has 0 saturated heterocycles. The molecule has 0 fully saturated rings. The van der Waals surface area contributed by atoms with Crippen LogP contribution in [0.3, 0.4) is 0 Å². The summed E-state index contributed by atoms with van der Waals surface area (Å²) in [4.78, 5) is 6.81. The molecule has 0 spiro atoms. The van der Waals surface area contributed by atoms with E-state index in [1.54, 1.807) is 6.20 Å². The molecule has 55 heavy (non-hydrogen) atoms. The third-order valence-corrected chi connectivity index (χ3v) is 10.9. The first-order chi connectivity index (χ1) is 27.3.